The van der Waals surface area contributed by atoms with Crippen molar-refractivity contribution < 1.29 is 9.53 Å². The summed E-state index contributed by atoms with van der Waals surface area (Å²) in [7, 11) is 0. The second-order valence-electron chi connectivity index (χ2n) is 3.79. The molecule has 0 unspecified atom stereocenters. The van der Waals surface area contributed by atoms with E-state index in [1.807, 2.05) is 6.08 Å². The lowest BCUT2D eigenvalue weighted by Gasteiger charge is -2.20. The lowest BCUT2D eigenvalue weighted by molar-refractivity contribution is 0.0825. The number of hydrogen-bond acceptors (Lipinski definition) is 3. The average Bonchev–Trinajstić information content (AvgIpc) is 3.01. The molecule has 0 atom stereocenters. The number of hydrazine groups is 1. The Kier molecular flexibility index (Phi) is 3.03. The van der Waals surface area contributed by atoms with E-state index in [9.17, 15) is 4.79 Å². The second kappa shape index (κ2) is 4.46. The zero-order chi connectivity index (χ0) is 9.80. The van der Waals surface area contributed by atoms with Gasteiger partial charge in [-0.2, -0.15) is 0 Å². The molecule has 2 rings (SSSR count). The van der Waals surface area contributed by atoms with E-state index >= 15 is 0 Å². The molecule has 0 aromatic heterocycles. The average molecular weight is 196 g/mol. The maximum atomic E-state index is 11.5. The highest BCUT2D eigenvalue weighted by Gasteiger charge is 2.24. The number of rotatable bonds is 2. The molecule has 1 saturated carbocycles. The fourth-order valence-corrected chi connectivity index (χ4v) is 1.35. The predicted molar refractivity (Wildman–Crippen MR) is 52.5 cm³/mol. The smallest absolute Gasteiger partial charge is 0.424 e. The minimum atomic E-state index is -0.236. The monoisotopic (exact) mass is 196 g/mol. The van der Waals surface area contributed by atoms with Crippen LogP contribution in [0.3, 0.4) is 0 Å². The first-order valence-electron chi connectivity index (χ1n) is 5.19. The SMILES string of the molecule is O=C(OCC1CC1)N1CCC=CCN1. The van der Waals surface area contributed by atoms with Crippen molar-refractivity contribution in [3.8, 4) is 0 Å². The molecule has 0 aromatic carbocycles. The summed E-state index contributed by atoms with van der Waals surface area (Å²) >= 11 is 0. The Morgan fingerprint density at radius 3 is 3.14 bits per heavy atom. The summed E-state index contributed by atoms with van der Waals surface area (Å²) in [6, 6.07) is 0. The molecule has 78 valence electrons. The van der Waals surface area contributed by atoms with E-state index in [4.69, 9.17) is 4.74 Å². The Bertz CT molecular complexity index is 226. The molecular formula is C10H16N2O2. The van der Waals surface area contributed by atoms with E-state index in [2.05, 4.69) is 11.5 Å². The summed E-state index contributed by atoms with van der Waals surface area (Å²) in [5, 5.41) is 1.56. The molecule has 1 aliphatic heterocycles. The van der Waals surface area contributed by atoms with Crippen LogP contribution in [0.4, 0.5) is 4.79 Å². The van der Waals surface area contributed by atoms with Crippen LogP contribution in [0.5, 0.6) is 0 Å². The Morgan fingerprint density at radius 2 is 2.36 bits per heavy atom. The van der Waals surface area contributed by atoms with Crippen molar-refractivity contribution in [1.82, 2.24) is 10.4 Å². The molecule has 0 radical (unpaired) electrons. The highest BCUT2D eigenvalue weighted by atomic mass is 16.6. The predicted octanol–water partition coefficient (Wildman–Crippen LogP) is 1.30. The summed E-state index contributed by atoms with van der Waals surface area (Å²) in [6.45, 7) is 1.99. The number of carbonyl (C=O) groups excluding carboxylic acids is 1. The zero-order valence-electron chi connectivity index (χ0n) is 8.24. The molecule has 1 heterocycles. The Hall–Kier alpha value is -1.03. The van der Waals surface area contributed by atoms with Gasteiger partial charge < -0.3 is 4.74 Å². The van der Waals surface area contributed by atoms with Gasteiger partial charge in [0, 0.05) is 13.1 Å². The second-order valence-corrected chi connectivity index (χ2v) is 3.79. The van der Waals surface area contributed by atoms with Gasteiger partial charge in [-0.1, -0.05) is 12.2 Å². The van der Waals surface area contributed by atoms with Crippen LogP contribution >= 0.6 is 0 Å². The molecule has 1 amide bonds. The Balaban J connectivity index is 1.71. The standard InChI is InChI=1S/C10H16N2O2/c13-10(14-8-9-4-5-9)12-7-3-1-2-6-11-12/h1-2,9,11H,3-8H2. The molecule has 14 heavy (non-hydrogen) atoms. The van der Waals surface area contributed by atoms with Crippen molar-refractivity contribution in [3.05, 3.63) is 12.2 Å². The summed E-state index contributed by atoms with van der Waals surface area (Å²) < 4.78 is 5.16. The number of amides is 1. The van der Waals surface area contributed by atoms with Crippen LogP contribution in [0.15, 0.2) is 12.2 Å². The van der Waals surface area contributed by atoms with Gasteiger partial charge in [0.2, 0.25) is 0 Å². The van der Waals surface area contributed by atoms with Crippen molar-refractivity contribution in [1.29, 1.82) is 0 Å². The van der Waals surface area contributed by atoms with Crippen LogP contribution in [0.25, 0.3) is 0 Å². The van der Waals surface area contributed by atoms with E-state index in [1.165, 1.54) is 12.8 Å². The molecular weight excluding hydrogens is 180 g/mol. The van der Waals surface area contributed by atoms with Gasteiger partial charge in [-0.15, -0.1) is 0 Å². The molecule has 0 spiro atoms. The molecule has 2 aliphatic rings. The summed E-state index contributed by atoms with van der Waals surface area (Å²) in [5.74, 6) is 0.629. The van der Waals surface area contributed by atoms with Crippen LogP contribution in [0.1, 0.15) is 19.3 Å². The number of hydrogen-bond donors (Lipinski definition) is 1. The van der Waals surface area contributed by atoms with Crippen LogP contribution in [-0.2, 0) is 4.74 Å². The first-order chi connectivity index (χ1) is 6.86. The molecule has 1 N–H and O–H groups in total. The number of ether oxygens (including phenoxy) is 1. The van der Waals surface area contributed by atoms with Crippen LogP contribution in [0.2, 0.25) is 0 Å². The van der Waals surface area contributed by atoms with Gasteiger partial charge in [0.15, 0.2) is 0 Å². The third-order valence-electron chi connectivity index (χ3n) is 2.45. The third kappa shape index (κ3) is 2.73. The molecule has 4 heteroatoms. The zero-order valence-corrected chi connectivity index (χ0v) is 8.24. The van der Waals surface area contributed by atoms with E-state index in [0.29, 0.717) is 25.6 Å². The number of nitrogens with one attached hydrogen (secondary N) is 1. The van der Waals surface area contributed by atoms with Crippen LogP contribution in [0, 0.1) is 5.92 Å². The molecule has 1 aliphatic carbocycles. The molecule has 0 bridgehead atoms. The number of nitrogens with zero attached hydrogens (tertiary/aromatic N) is 1. The van der Waals surface area contributed by atoms with E-state index < -0.39 is 0 Å². The van der Waals surface area contributed by atoms with Gasteiger partial charge >= 0.3 is 6.09 Å². The fraction of sp³-hybridized carbons (Fsp3) is 0.700. The fourth-order valence-electron chi connectivity index (χ4n) is 1.35. The first-order valence-corrected chi connectivity index (χ1v) is 5.19. The van der Waals surface area contributed by atoms with Gasteiger partial charge in [-0.25, -0.2) is 15.2 Å². The maximum absolute atomic E-state index is 11.5. The van der Waals surface area contributed by atoms with E-state index in [1.54, 1.807) is 5.01 Å². The van der Waals surface area contributed by atoms with Crippen molar-refractivity contribution in [2.45, 2.75) is 19.3 Å². The van der Waals surface area contributed by atoms with Crippen LogP contribution < -0.4 is 5.43 Å². The number of carbonyl (C=O) groups is 1. The van der Waals surface area contributed by atoms with Gasteiger partial charge in [0.1, 0.15) is 0 Å². The topological polar surface area (TPSA) is 41.6 Å². The lowest BCUT2D eigenvalue weighted by Crippen LogP contribution is -2.43. The summed E-state index contributed by atoms with van der Waals surface area (Å²) in [5.41, 5.74) is 3.00. The largest absolute Gasteiger partial charge is 0.448 e. The van der Waals surface area contributed by atoms with Crippen molar-refractivity contribution in [2.24, 2.45) is 5.92 Å². The van der Waals surface area contributed by atoms with Crippen LogP contribution in [-0.4, -0.2) is 30.8 Å². The lowest BCUT2D eigenvalue weighted by atomic mass is 10.4. The minimum absolute atomic E-state index is 0.236. The third-order valence-corrected chi connectivity index (χ3v) is 2.45. The van der Waals surface area contributed by atoms with Gasteiger partial charge in [0.25, 0.3) is 0 Å². The van der Waals surface area contributed by atoms with E-state index in [0.717, 1.165) is 6.42 Å². The highest BCUT2D eigenvalue weighted by Crippen LogP contribution is 2.28. The molecule has 0 saturated heterocycles. The normalized spacial score (nSPS) is 21.9. The highest BCUT2D eigenvalue weighted by molar-refractivity contribution is 5.67. The van der Waals surface area contributed by atoms with Crippen molar-refractivity contribution in [3.63, 3.8) is 0 Å². The van der Waals surface area contributed by atoms with E-state index in [-0.39, 0.29) is 6.09 Å². The maximum Gasteiger partial charge on any atom is 0.424 e. The van der Waals surface area contributed by atoms with Gasteiger partial charge in [0.05, 0.1) is 6.61 Å². The molecule has 4 nitrogen and oxygen atoms in total. The van der Waals surface area contributed by atoms with Gasteiger partial charge in [-0.3, -0.25) is 0 Å². The summed E-state index contributed by atoms with van der Waals surface area (Å²) in [4.78, 5) is 11.5. The Morgan fingerprint density at radius 1 is 1.50 bits per heavy atom. The quantitative estimate of drug-likeness (QED) is 0.677. The summed E-state index contributed by atoms with van der Waals surface area (Å²) in [6.07, 6.45) is 7.17. The molecule has 0 aromatic rings. The Labute approximate surface area is 83.9 Å². The molecule has 1 fully saturated rings. The minimum Gasteiger partial charge on any atom is -0.448 e. The van der Waals surface area contributed by atoms with Gasteiger partial charge in [-0.05, 0) is 25.2 Å². The first kappa shape index (κ1) is 9.52. The van der Waals surface area contributed by atoms with Crippen molar-refractivity contribution >= 4 is 6.09 Å². The van der Waals surface area contributed by atoms with Crippen molar-refractivity contribution in [2.75, 3.05) is 19.7 Å².